The Morgan fingerprint density at radius 1 is 1.00 bits per heavy atom. The molecule has 0 aromatic rings. The fourth-order valence-electron chi connectivity index (χ4n) is 0. The van der Waals surface area contributed by atoms with E-state index in [9.17, 15) is 0 Å². The fraction of sp³-hybridized carbons (Fsp3) is 0. The van der Waals surface area contributed by atoms with E-state index in [1.165, 1.54) is 0 Å². The third-order valence-corrected chi connectivity index (χ3v) is 0. The smallest absolute Gasteiger partial charge is 0.870 e. The molecule has 0 bridgehead atoms. The Morgan fingerprint density at radius 2 is 1.00 bits per heavy atom. The Labute approximate surface area is 63.0 Å². The molecule has 0 amide bonds. The van der Waals surface area contributed by atoms with Gasteiger partial charge in [-0.1, -0.05) is 0 Å². The number of hydrogen-bond donors (Lipinski definition) is 0. The van der Waals surface area contributed by atoms with Gasteiger partial charge in [-0.3, -0.25) is 0 Å². The molecule has 0 heterocycles. The van der Waals surface area contributed by atoms with E-state index in [0.29, 0.717) is 0 Å². The van der Waals surface area contributed by atoms with Crippen LogP contribution < -0.4 is 0 Å². The number of hydrogen-bond acceptors (Lipinski definition) is 2. The molecule has 0 aliphatic heterocycles. The van der Waals surface area contributed by atoms with Crippen LogP contribution in [0.3, 0.4) is 0 Å². The molecule has 0 fully saturated rings. The molecule has 0 unspecified atom stereocenters. The maximum Gasteiger partial charge on any atom is 2.00 e. The zero-order valence-electron chi connectivity index (χ0n) is 2.15. The van der Waals surface area contributed by atoms with Gasteiger partial charge >= 0.3 is 27.3 Å². The van der Waals surface area contributed by atoms with E-state index in [1.54, 1.807) is 0 Å². The van der Waals surface area contributed by atoms with Gasteiger partial charge in [-0.15, -0.1) is 0 Å². The van der Waals surface area contributed by atoms with Gasteiger partial charge in [0.15, 0.2) is 0 Å². The summed E-state index contributed by atoms with van der Waals surface area (Å²) >= 11 is 2.41. The molecule has 0 aromatic heterocycles. The van der Waals surface area contributed by atoms with Crippen LogP contribution in [0.1, 0.15) is 0 Å². The van der Waals surface area contributed by atoms with Crippen molar-refractivity contribution in [3.05, 3.63) is 0 Å². The van der Waals surface area contributed by atoms with E-state index in [1.807, 2.05) is 0 Å². The van der Waals surface area contributed by atoms with E-state index in [0.717, 1.165) is 0 Å². The van der Waals surface area contributed by atoms with Crippen molar-refractivity contribution in [3.8, 4) is 0 Å². The van der Waals surface area contributed by atoms with Crippen molar-refractivity contribution in [1.82, 2.24) is 0 Å². The maximum atomic E-state index is 4.45. The first-order valence-electron chi connectivity index (χ1n) is 0.143. The van der Waals surface area contributed by atoms with Gasteiger partial charge < -0.3 is 11.0 Å². The van der Waals surface area contributed by atoms with Crippen LogP contribution in [-0.4, -0.2) is 38.3 Å². The average molecular weight is 357 g/mol. The zero-order chi connectivity index (χ0) is 2.00. The van der Waals surface area contributed by atoms with Crippen molar-refractivity contribution in [2.75, 3.05) is 0 Å². The van der Waals surface area contributed by atoms with Crippen molar-refractivity contribution >= 4 is 52.4 Å². The van der Waals surface area contributed by atoms with Crippen LogP contribution in [0.25, 0.3) is 0 Å². The first kappa shape index (κ1) is 30.5. The topological polar surface area (TPSA) is 60.0 Å². The molecular weight excluding hydrogens is 355 g/mol. The van der Waals surface area contributed by atoms with Crippen molar-refractivity contribution in [2.45, 2.75) is 0 Å². The molecule has 2 N–H and O–H groups in total. The second kappa shape index (κ2) is 45.9. The standard InChI is InChI=1S/BrCl.2H2O.Pb/c1-2;;;/h;2*1H2;/q;;;+2/p-2. The molecule has 0 atom stereocenters. The summed E-state index contributed by atoms with van der Waals surface area (Å²) in [6.07, 6.45) is 0. The fourth-order valence-corrected chi connectivity index (χ4v) is 0. The normalized spacial score (nSPS) is 1.20. The molecule has 2 nitrogen and oxygen atoms in total. The van der Waals surface area contributed by atoms with Crippen molar-refractivity contribution in [2.24, 2.45) is 0 Å². The van der Waals surface area contributed by atoms with E-state index < -0.39 is 0 Å². The largest absolute Gasteiger partial charge is 2.00 e. The van der Waals surface area contributed by atoms with E-state index in [4.69, 9.17) is 0 Å². The van der Waals surface area contributed by atoms with Crippen LogP contribution in [0.15, 0.2) is 0 Å². The molecule has 0 aliphatic rings. The summed E-state index contributed by atoms with van der Waals surface area (Å²) in [6, 6.07) is 0. The number of rotatable bonds is 0. The molecule has 32 valence electrons. The van der Waals surface area contributed by atoms with Crippen LogP contribution in [-0.2, 0) is 0 Å². The summed E-state index contributed by atoms with van der Waals surface area (Å²) in [5, 5.41) is 0. The van der Waals surface area contributed by atoms with Gasteiger partial charge in [0.2, 0.25) is 0 Å². The summed E-state index contributed by atoms with van der Waals surface area (Å²) < 4.78 is 0. The SMILES string of the molecule is ClBr.[OH-].[OH-].[Pb+2]. The zero-order valence-corrected chi connectivity index (χ0v) is 8.38. The molecule has 0 aliphatic carbocycles. The number of halogens is 2. The summed E-state index contributed by atoms with van der Waals surface area (Å²) in [5.41, 5.74) is 0. The van der Waals surface area contributed by atoms with Gasteiger partial charge in [0, 0.05) is 15.0 Å². The second-order valence-corrected chi connectivity index (χ2v) is 0. The summed E-state index contributed by atoms with van der Waals surface area (Å²) in [7, 11) is 4.45. The van der Waals surface area contributed by atoms with Crippen LogP contribution in [0.4, 0.5) is 0 Å². The van der Waals surface area contributed by atoms with Crippen molar-refractivity contribution < 1.29 is 11.0 Å². The third kappa shape index (κ3) is 28.2. The van der Waals surface area contributed by atoms with Crippen molar-refractivity contribution in [1.29, 1.82) is 0 Å². The Balaban J connectivity index is -0.00000000167. The molecule has 0 saturated heterocycles. The minimum absolute atomic E-state index is 0. The summed E-state index contributed by atoms with van der Waals surface area (Å²) in [6.45, 7) is 0. The third-order valence-electron chi connectivity index (χ3n) is 0. The quantitative estimate of drug-likeness (QED) is 0.603. The predicted molar refractivity (Wildman–Crippen MR) is 24.4 cm³/mol. The first-order valence-corrected chi connectivity index (χ1v) is 2.23. The van der Waals surface area contributed by atoms with Crippen LogP contribution in [0, 0.1) is 0 Å². The molecule has 0 saturated carbocycles. The summed E-state index contributed by atoms with van der Waals surface area (Å²) in [4.78, 5) is 0. The Kier molecular flexibility index (Phi) is 280. The molecule has 5 heavy (non-hydrogen) atoms. The molecule has 5 heteroatoms. The van der Waals surface area contributed by atoms with Gasteiger partial charge in [0.05, 0.1) is 0 Å². The van der Waals surface area contributed by atoms with E-state index >= 15 is 0 Å². The van der Waals surface area contributed by atoms with Gasteiger partial charge in [-0.05, 0) is 10.1 Å². The monoisotopic (exact) mass is 356 g/mol. The summed E-state index contributed by atoms with van der Waals surface area (Å²) in [5.74, 6) is 0. The molecular formula is H2BrClO2Pb. The Bertz CT molecular complexity index is 9.61. The molecule has 0 aromatic carbocycles. The minimum atomic E-state index is 0. The second-order valence-electron chi connectivity index (χ2n) is 0. The van der Waals surface area contributed by atoms with E-state index in [-0.39, 0.29) is 38.3 Å². The molecule has 0 rings (SSSR count). The average Bonchev–Trinajstić information content (AvgIpc) is 1.00. The van der Waals surface area contributed by atoms with Gasteiger partial charge in [-0.25, -0.2) is 0 Å². The van der Waals surface area contributed by atoms with Crippen LogP contribution in [0.5, 0.6) is 0 Å². The Hall–Kier alpha value is 1.61. The molecule has 2 radical (unpaired) electrons. The molecule has 0 spiro atoms. The van der Waals surface area contributed by atoms with Crippen molar-refractivity contribution in [3.63, 3.8) is 0 Å². The van der Waals surface area contributed by atoms with Gasteiger partial charge in [-0.2, -0.15) is 0 Å². The Morgan fingerprint density at radius 3 is 1.00 bits per heavy atom. The van der Waals surface area contributed by atoms with Crippen LogP contribution in [0.2, 0.25) is 0 Å². The minimum Gasteiger partial charge on any atom is -0.870 e. The van der Waals surface area contributed by atoms with E-state index in [2.05, 4.69) is 25.1 Å². The van der Waals surface area contributed by atoms with Gasteiger partial charge in [0.1, 0.15) is 0 Å². The first-order chi connectivity index (χ1) is 1.00. The maximum absolute atomic E-state index is 4.45. The van der Waals surface area contributed by atoms with Gasteiger partial charge in [0.25, 0.3) is 0 Å². The van der Waals surface area contributed by atoms with Crippen LogP contribution >= 0.6 is 25.1 Å². The predicted octanol–water partition coefficient (Wildman–Crippen LogP) is 0.801.